The molecule has 124 valence electrons. The Hall–Kier alpha value is -2.63. The molecule has 1 N–H and O–H groups in total. The van der Waals surface area contributed by atoms with Gasteiger partial charge in [0, 0.05) is 4.88 Å². The third-order valence-electron chi connectivity index (χ3n) is 5.37. The topological polar surface area (TPSA) is 72.0 Å². The molecule has 0 saturated heterocycles. The number of rotatable bonds is 1. The number of benzene rings is 1. The van der Waals surface area contributed by atoms with Crippen molar-refractivity contribution in [2.45, 2.75) is 44.4 Å². The van der Waals surface area contributed by atoms with E-state index >= 15 is 0 Å². The Kier molecular flexibility index (Phi) is 3.82. The van der Waals surface area contributed by atoms with Crippen LogP contribution in [0.2, 0.25) is 0 Å². The Labute approximate surface area is 151 Å². The second kappa shape index (κ2) is 6.02. The van der Waals surface area contributed by atoms with Crippen LogP contribution >= 0.6 is 11.3 Å². The quantitative estimate of drug-likeness (QED) is 0.589. The van der Waals surface area contributed by atoms with Gasteiger partial charge in [-0.25, -0.2) is 4.99 Å². The van der Waals surface area contributed by atoms with Gasteiger partial charge in [0.1, 0.15) is 16.8 Å². The largest absolute Gasteiger partial charge is 0.280 e. The van der Waals surface area contributed by atoms with Gasteiger partial charge in [0.15, 0.2) is 6.19 Å². The number of hydrogen-bond acceptors (Lipinski definition) is 5. The van der Waals surface area contributed by atoms with E-state index in [0.717, 1.165) is 58.1 Å². The Morgan fingerprint density at radius 1 is 1.16 bits per heavy atom. The predicted octanol–water partition coefficient (Wildman–Crippen LogP) is 4.91. The number of thiophene rings is 1. The van der Waals surface area contributed by atoms with Crippen LogP contribution in [0.1, 0.15) is 48.1 Å². The maximum absolute atomic E-state index is 9.17. The standard InChI is InChI=1S/C20H18N4S/c1-13-9-15(11-21)25-18(13)14-5-6-17-16(10-14)20(7-3-2-4-8-20)19(24-17)23-12-22/h5-6,9-10H,2-4,7-8H2,1H3,(H,23,24). The minimum absolute atomic E-state index is 0.150. The van der Waals surface area contributed by atoms with E-state index in [1.54, 1.807) is 0 Å². The van der Waals surface area contributed by atoms with Gasteiger partial charge in [-0.05, 0) is 54.7 Å². The molecule has 2 aliphatic rings. The molecule has 0 unspecified atom stereocenters. The first kappa shape index (κ1) is 15.9. The van der Waals surface area contributed by atoms with Crippen LogP contribution in [0.4, 0.5) is 5.69 Å². The van der Waals surface area contributed by atoms with Gasteiger partial charge >= 0.3 is 0 Å². The summed E-state index contributed by atoms with van der Waals surface area (Å²) in [5, 5.41) is 21.2. The van der Waals surface area contributed by atoms with Crippen molar-refractivity contribution in [1.82, 2.24) is 5.32 Å². The lowest BCUT2D eigenvalue weighted by atomic mass is 9.69. The van der Waals surface area contributed by atoms with Gasteiger partial charge in [0.05, 0.1) is 11.1 Å². The minimum Gasteiger partial charge on any atom is -0.280 e. The van der Waals surface area contributed by atoms with Crippen molar-refractivity contribution >= 4 is 22.9 Å². The molecular weight excluding hydrogens is 328 g/mol. The van der Waals surface area contributed by atoms with Crippen LogP contribution in [0.15, 0.2) is 29.3 Å². The maximum Gasteiger partial charge on any atom is 0.182 e. The predicted molar refractivity (Wildman–Crippen MR) is 99.8 cm³/mol. The molecule has 1 aliphatic heterocycles. The van der Waals surface area contributed by atoms with Crippen LogP contribution in [0, 0.1) is 29.7 Å². The molecule has 0 atom stereocenters. The summed E-state index contributed by atoms with van der Waals surface area (Å²) in [4.78, 5) is 6.62. The summed E-state index contributed by atoms with van der Waals surface area (Å²) in [6, 6.07) is 10.6. The molecule has 4 nitrogen and oxygen atoms in total. The van der Waals surface area contributed by atoms with Gasteiger partial charge in [-0.15, -0.1) is 11.3 Å². The molecule has 1 aliphatic carbocycles. The molecule has 4 rings (SSSR count). The SMILES string of the molecule is Cc1cc(C#N)sc1-c1ccc2c(c1)C1(CCCCC1)C(NC#N)=N2. The number of aliphatic imine (C=N–C) groups is 1. The van der Waals surface area contributed by atoms with Crippen LogP contribution in [0.25, 0.3) is 10.4 Å². The van der Waals surface area contributed by atoms with Crippen LogP contribution in [-0.4, -0.2) is 5.84 Å². The van der Waals surface area contributed by atoms with Crippen molar-refractivity contribution < 1.29 is 0 Å². The number of nitrogens with zero attached hydrogens (tertiary/aromatic N) is 3. The Morgan fingerprint density at radius 2 is 1.96 bits per heavy atom. The van der Waals surface area contributed by atoms with Crippen molar-refractivity contribution in [1.29, 1.82) is 10.5 Å². The molecule has 0 amide bonds. The Morgan fingerprint density at radius 3 is 2.64 bits per heavy atom. The minimum atomic E-state index is -0.150. The van der Waals surface area contributed by atoms with Gasteiger partial charge in [0.25, 0.3) is 0 Å². The molecule has 0 radical (unpaired) electrons. The summed E-state index contributed by atoms with van der Waals surface area (Å²) in [5.74, 6) is 0.808. The van der Waals surface area contributed by atoms with E-state index in [9.17, 15) is 5.26 Å². The van der Waals surface area contributed by atoms with E-state index in [-0.39, 0.29) is 5.41 Å². The van der Waals surface area contributed by atoms with E-state index in [1.165, 1.54) is 23.3 Å². The second-order valence-electron chi connectivity index (χ2n) is 6.81. The fraction of sp³-hybridized carbons (Fsp3) is 0.350. The van der Waals surface area contributed by atoms with Gasteiger partial charge in [-0.3, -0.25) is 5.32 Å². The highest BCUT2D eigenvalue weighted by Gasteiger charge is 2.44. The fourth-order valence-electron chi connectivity index (χ4n) is 4.20. The molecular formula is C20H18N4S. The van der Waals surface area contributed by atoms with Crippen molar-refractivity contribution in [2.24, 2.45) is 4.99 Å². The molecule has 25 heavy (non-hydrogen) atoms. The zero-order valence-electron chi connectivity index (χ0n) is 14.1. The average molecular weight is 346 g/mol. The van der Waals surface area contributed by atoms with E-state index in [1.807, 2.05) is 6.07 Å². The molecule has 1 saturated carbocycles. The first-order valence-corrected chi connectivity index (χ1v) is 9.39. The van der Waals surface area contributed by atoms with Crippen molar-refractivity contribution in [3.63, 3.8) is 0 Å². The molecule has 1 fully saturated rings. The fourth-order valence-corrected chi connectivity index (χ4v) is 5.16. The highest BCUT2D eigenvalue weighted by Crippen LogP contribution is 2.50. The average Bonchev–Trinajstić information content (AvgIpc) is 3.15. The van der Waals surface area contributed by atoms with Gasteiger partial charge < -0.3 is 0 Å². The number of aryl methyl sites for hydroxylation is 1. The van der Waals surface area contributed by atoms with Crippen LogP contribution < -0.4 is 5.32 Å². The normalized spacial score (nSPS) is 17.5. The summed E-state index contributed by atoms with van der Waals surface area (Å²) in [6.45, 7) is 2.05. The zero-order chi connectivity index (χ0) is 17.4. The Bertz CT molecular complexity index is 949. The van der Waals surface area contributed by atoms with Gasteiger partial charge in [0.2, 0.25) is 0 Å². The van der Waals surface area contributed by atoms with E-state index in [2.05, 4.69) is 42.7 Å². The smallest absolute Gasteiger partial charge is 0.182 e. The number of fused-ring (bicyclic) bond motifs is 2. The highest BCUT2D eigenvalue weighted by molar-refractivity contribution is 7.16. The molecule has 1 spiro atoms. The van der Waals surface area contributed by atoms with E-state index in [0.29, 0.717) is 0 Å². The zero-order valence-corrected chi connectivity index (χ0v) is 14.9. The summed E-state index contributed by atoms with van der Waals surface area (Å²) in [5.41, 5.74) is 4.32. The molecule has 0 bridgehead atoms. The summed E-state index contributed by atoms with van der Waals surface area (Å²) in [7, 11) is 0. The highest BCUT2D eigenvalue weighted by atomic mass is 32.1. The molecule has 2 aromatic rings. The van der Waals surface area contributed by atoms with Crippen LogP contribution in [0.3, 0.4) is 0 Å². The number of hydrogen-bond donors (Lipinski definition) is 1. The second-order valence-corrected chi connectivity index (χ2v) is 7.86. The van der Waals surface area contributed by atoms with Crippen LogP contribution in [0.5, 0.6) is 0 Å². The molecule has 1 aromatic carbocycles. The third kappa shape index (κ3) is 2.44. The molecule has 5 heteroatoms. The summed E-state index contributed by atoms with van der Waals surface area (Å²) >= 11 is 1.54. The lowest BCUT2D eigenvalue weighted by molar-refractivity contribution is 0.381. The lowest BCUT2D eigenvalue weighted by Crippen LogP contribution is -2.41. The summed E-state index contributed by atoms with van der Waals surface area (Å²) in [6.07, 6.45) is 7.69. The van der Waals surface area contributed by atoms with Crippen molar-refractivity contribution in [3.05, 3.63) is 40.3 Å². The number of nitriles is 2. The summed E-state index contributed by atoms with van der Waals surface area (Å²) < 4.78 is 0. The first-order valence-electron chi connectivity index (χ1n) is 8.58. The molecule has 1 aromatic heterocycles. The van der Waals surface area contributed by atoms with E-state index < -0.39 is 0 Å². The van der Waals surface area contributed by atoms with E-state index in [4.69, 9.17) is 10.3 Å². The molecule has 2 heterocycles. The number of nitrogens with one attached hydrogen (secondary N) is 1. The Balaban J connectivity index is 1.83. The monoisotopic (exact) mass is 346 g/mol. The van der Waals surface area contributed by atoms with Crippen LogP contribution in [-0.2, 0) is 5.41 Å². The van der Waals surface area contributed by atoms with Gasteiger partial charge in [-0.2, -0.15) is 10.5 Å². The third-order valence-corrected chi connectivity index (χ3v) is 6.56. The first-order chi connectivity index (χ1) is 12.2. The van der Waals surface area contributed by atoms with Crippen molar-refractivity contribution in [2.75, 3.05) is 0 Å². The number of amidine groups is 1. The maximum atomic E-state index is 9.17. The lowest BCUT2D eigenvalue weighted by Gasteiger charge is -2.35. The van der Waals surface area contributed by atoms with Crippen molar-refractivity contribution in [3.8, 4) is 22.7 Å². The van der Waals surface area contributed by atoms with Gasteiger partial charge in [-0.1, -0.05) is 25.3 Å².